The van der Waals surface area contributed by atoms with E-state index in [1.165, 1.54) is 0 Å². The smallest absolute Gasteiger partial charge is 0.332 e. The molecule has 15 heavy (non-hydrogen) atoms. The third-order valence-electron chi connectivity index (χ3n) is 2.18. The van der Waals surface area contributed by atoms with Gasteiger partial charge in [0.25, 0.3) is 0 Å². The summed E-state index contributed by atoms with van der Waals surface area (Å²) in [5.41, 5.74) is 5.64. The van der Waals surface area contributed by atoms with Crippen molar-refractivity contribution in [1.82, 2.24) is 9.97 Å². The average molecular weight is 209 g/mol. The summed E-state index contributed by atoms with van der Waals surface area (Å²) >= 11 is 0. The van der Waals surface area contributed by atoms with Gasteiger partial charge in [-0.3, -0.25) is 10.1 Å². The van der Waals surface area contributed by atoms with Crippen LogP contribution in [-0.2, 0) is 0 Å². The Bertz CT molecular complexity index is 416. The van der Waals surface area contributed by atoms with Crippen LogP contribution in [0.25, 0.3) is 0 Å². The number of hydrogen-bond donors (Lipinski definition) is 2. The highest BCUT2D eigenvalue weighted by Gasteiger charge is 2.28. The highest BCUT2D eigenvalue weighted by molar-refractivity contribution is 5.61. The van der Waals surface area contributed by atoms with Crippen molar-refractivity contribution in [3.8, 4) is 0 Å². The zero-order chi connectivity index (χ0) is 11.0. The summed E-state index contributed by atoms with van der Waals surface area (Å²) in [7, 11) is 0. The molecule has 1 aliphatic rings. The molecule has 0 aromatic carbocycles. The van der Waals surface area contributed by atoms with E-state index in [-0.39, 0.29) is 29.2 Å². The second kappa shape index (κ2) is 3.34. The normalized spacial score (nSPS) is 15.0. The zero-order valence-electron chi connectivity index (χ0n) is 8.23. The van der Waals surface area contributed by atoms with Crippen LogP contribution in [-0.4, -0.2) is 20.9 Å². The number of nitrogens with one attached hydrogen (secondary N) is 1. The van der Waals surface area contributed by atoms with Crippen LogP contribution in [0.3, 0.4) is 0 Å². The number of aryl methyl sites for hydroxylation is 1. The molecule has 1 aromatic rings. The van der Waals surface area contributed by atoms with Gasteiger partial charge in [-0.05, 0) is 19.8 Å². The molecule has 7 nitrogen and oxygen atoms in total. The second-order valence-electron chi connectivity index (χ2n) is 3.54. The fourth-order valence-corrected chi connectivity index (χ4v) is 1.33. The maximum absolute atomic E-state index is 10.8. The Morgan fingerprint density at radius 1 is 1.53 bits per heavy atom. The molecule has 0 saturated heterocycles. The predicted octanol–water partition coefficient (Wildman–Crippen LogP) is 0.850. The van der Waals surface area contributed by atoms with Gasteiger partial charge >= 0.3 is 5.69 Å². The molecule has 1 fully saturated rings. The van der Waals surface area contributed by atoms with Crippen LogP contribution < -0.4 is 11.1 Å². The molecule has 0 bridgehead atoms. The van der Waals surface area contributed by atoms with Crippen LogP contribution in [0.1, 0.15) is 18.5 Å². The van der Waals surface area contributed by atoms with Gasteiger partial charge in [0.2, 0.25) is 11.8 Å². The Balaban J connectivity index is 2.42. The molecule has 0 radical (unpaired) electrons. The Morgan fingerprint density at radius 2 is 2.20 bits per heavy atom. The molecule has 1 saturated carbocycles. The van der Waals surface area contributed by atoms with Crippen molar-refractivity contribution in [1.29, 1.82) is 0 Å². The van der Waals surface area contributed by atoms with E-state index in [1.807, 2.05) is 0 Å². The van der Waals surface area contributed by atoms with Gasteiger partial charge in [-0.15, -0.1) is 0 Å². The summed E-state index contributed by atoms with van der Waals surface area (Å²) in [5.74, 6) is 0.286. The minimum atomic E-state index is -0.487. The Kier molecular flexibility index (Phi) is 2.14. The van der Waals surface area contributed by atoms with E-state index in [0.717, 1.165) is 12.8 Å². The van der Waals surface area contributed by atoms with Crippen molar-refractivity contribution in [3.63, 3.8) is 0 Å². The van der Waals surface area contributed by atoms with E-state index in [9.17, 15) is 10.1 Å². The molecule has 0 unspecified atom stereocenters. The van der Waals surface area contributed by atoms with E-state index in [4.69, 9.17) is 5.73 Å². The number of aromatic nitrogens is 2. The van der Waals surface area contributed by atoms with Crippen molar-refractivity contribution >= 4 is 17.5 Å². The fraction of sp³-hybridized carbons (Fsp3) is 0.500. The maximum Gasteiger partial charge on any atom is 0.332 e. The van der Waals surface area contributed by atoms with Gasteiger partial charge in [-0.1, -0.05) is 0 Å². The molecule has 0 spiro atoms. The van der Waals surface area contributed by atoms with Crippen LogP contribution in [0.2, 0.25) is 0 Å². The number of nitrogens with two attached hydrogens (primary N) is 1. The van der Waals surface area contributed by atoms with Crippen molar-refractivity contribution in [2.45, 2.75) is 25.8 Å². The number of nitro groups is 1. The lowest BCUT2D eigenvalue weighted by molar-refractivity contribution is -0.385. The summed E-state index contributed by atoms with van der Waals surface area (Å²) in [6.07, 6.45) is 2.03. The zero-order valence-corrected chi connectivity index (χ0v) is 8.23. The quantitative estimate of drug-likeness (QED) is 0.564. The van der Waals surface area contributed by atoms with E-state index in [2.05, 4.69) is 15.3 Å². The van der Waals surface area contributed by atoms with Crippen LogP contribution >= 0.6 is 0 Å². The predicted molar refractivity (Wildman–Crippen MR) is 54.5 cm³/mol. The summed E-state index contributed by atoms with van der Waals surface area (Å²) < 4.78 is 0. The van der Waals surface area contributed by atoms with Gasteiger partial charge in [0, 0.05) is 6.04 Å². The van der Waals surface area contributed by atoms with Crippen molar-refractivity contribution in [2.24, 2.45) is 0 Å². The molecule has 2 rings (SSSR count). The molecule has 0 atom stereocenters. The molecular formula is C8H11N5O2. The lowest BCUT2D eigenvalue weighted by Gasteiger charge is -2.06. The lowest BCUT2D eigenvalue weighted by atomic mass is 10.3. The number of anilines is 2. The molecular weight excluding hydrogens is 198 g/mol. The summed E-state index contributed by atoms with van der Waals surface area (Å²) in [5, 5.41) is 13.8. The number of nitrogens with zero attached hydrogens (tertiary/aromatic N) is 3. The first-order valence-electron chi connectivity index (χ1n) is 4.63. The largest absolute Gasteiger partial charge is 0.368 e. The van der Waals surface area contributed by atoms with Gasteiger partial charge in [0.1, 0.15) is 5.69 Å². The van der Waals surface area contributed by atoms with Crippen LogP contribution in [0.4, 0.5) is 17.5 Å². The minimum Gasteiger partial charge on any atom is -0.368 e. The number of rotatable bonds is 3. The SMILES string of the molecule is Cc1nc(N)nc(NC2CC2)c1[N+](=O)[O-]. The van der Waals surface area contributed by atoms with Gasteiger partial charge in [0.05, 0.1) is 4.92 Å². The van der Waals surface area contributed by atoms with E-state index in [0.29, 0.717) is 0 Å². The summed E-state index contributed by atoms with van der Waals surface area (Å²) in [6, 6.07) is 0.289. The first-order valence-corrected chi connectivity index (χ1v) is 4.63. The van der Waals surface area contributed by atoms with Gasteiger partial charge in [-0.2, -0.15) is 4.98 Å². The Hall–Kier alpha value is -1.92. The number of hydrogen-bond acceptors (Lipinski definition) is 6. The maximum atomic E-state index is 10.8. The van der Waals surface area contributed by atoms with Crippen molar-refractivity contribution < 1.29 is 4.92 Å². The highest BCUT2D eigenvalue weighted by Crippen LogP contribution is 2.31. The average Bonchev–Trinajstić information content (AvgIpc) is 2.85. The van der Waals surface area contributed by atoms with Crippen LogP contribution in [0, 0.1) is 17.0 Å². The molecule has 80 valence electrons. The Morgan fingerprint density at radius 3 is 2.73 bits per heavy atom. The highest BCUT2D eigenvalue weighted by atomic mass is 16.6. The number of nitrogen functional groups attached to an aromatic ring is 1. The van der Waals surface area contributed by atoms with E-state index >= 15 is 0 Å². The first kappa shape index (κ1) is 9.63. The standard InChI is InChI=1S/C8H11N5O2/c1-4-6(13(14)15)7(11-5-2-3-5)12-8(9)10-4/h5H,2-3H2,1H3,(H3,9,10,11,12). The molecule has 0 aliphatic heterocycles. The van der Waals surface area contributed by atoms with Crippen LogP contribution in [0.5, 0.6) is 0 Å². The second-order valence-corrected chi connectivity index (χ2v) is 3.54. The monoisotopic (exact) mass is 209 g/mol. The molecule has 1 heterocycles. The fourth-order valence-electron chi connectivity index (χ4n) is 1.33. The Labute approximate surface area is 85.9 Å². The molecule has 3 N–H and O–H groups in total. The summed E-state index contributed by atoms with van der Waals surface area (Å²) in [4.78, 5) is 17.9. The molecule has 1 aliphatic carbocycles. The first-order chi connectivity index (χ1) is 7.08. The van der Waals surface area contributed by atoms with Crippen molar-refractivity contribution in [3.05, 3.63) is 15.8 Å². The van der Waals surface area contributed by atoms with Gasteiger partial charge < -0.3 is 11.1 Å². The third kappa shape index (κ3) is 1.95. The van der Waals surface area contributed by atoms with Gasteiger partial charge in [-0.25, -0.2) is 4.98 Å². The minimum absolute atomic E-state index is 0.0567. The topological polar surface area (TPSA) is 107 Å². The van der Waals surface area contributed by atoms with E-state index in [1.54, 1.807) is 6.92 Å². The summed E-state index contributed by atoms with van der Waals surface area (Å²) in [6.45, 7) is 1.55. The molecule has 7 heteroatoms. The molecule has 1 aromatic heterocycles. The molecule has 0 amide bonds. The lowest BCUT2D eigenvalue weighted by Crippen LogP contribution is -2.10. The third-order valence-corrected chi connectivity index (χ3v) is 2.18. The van der Waals surface area contributed by atoms with Gasteiger partial charge in [0.15, 0.2) is 0 Å². The van der Waals surface area contributed by atoms with Crippen LogP contribution in [0.15, 0.2) is 0 Å². The van der Waals surface area contributed by atoms with E-state index < -0.39 is 4.92 Å². The van der Waals surface area contributed by atoms with Crippen molar-refractivity contribution in [2.75, 3.05) is 11.1 Å².